The van der Waals surface area contributed by atoms with Crippen molar-refractivity contribution in [2.24, 2.45) is 0 Å². The van der Waals surface area contributed by atoms with Crippen molar-refractivity contribution in [2.45, 2.75) is 6.29 Å². The molecule has 0 radical (unpaired) electrons. The number of carbonyl (C=O) groups is 1. The summed E-state index contributed by atoms with van der Waals surface area (Å²) < 4.78 is 11.5. The maximum Gasteiger partial charge on any atom is 0.414 e. The quantitative estimate of drug-likeness (QED) is 0.813. The molecule has 1 aromatic rings. The highest BCUT2D eigenvalue weighted by Crippen LogP contribution is 2.12. The van der Waals surface area contributed by atoms with Crippen LogP contribution in [0.15, 0.2) is 30.3 Å². The Bertz CT molecular complexity index is 406. The van der Waals surface area contributed by atoms with Crippen LogP contribution in [0, 0.1) is 0 Å². The van der Waals surface area contributed by atoms with E-state index in [9.17, 15) is 4.79 Å². The summed E-state index contributed by atoms with van der Waals surface area (Å²) in [7, 11) is 4.18. The third-order valence-corrected chi connectivity index (χ3v) is 2.90. The third kappa shape index (κ3) is 3.72. The summed E-state index contributed by atoms with van der Waals surface area (Å²) in [6, 6.07) is 9.21. The zero-order valence-corrected chi connectivity index (χ0v) is 10.8. The number of morpholine rings is 1. The molecular formula is C13H19N2O3+. The Hall–Kier alpha value is -1.59. The molecule has 18 heavy (non-hydrogen) atoms. The summed E-state index contributed by atoms with van der Waals surface area (Å²) >= 11 is 0. The van der Waals surface area contributed by atoms with E-state index in [1.165, 1.54) is 0 Å². The van der Waals surface area contributed by atoms with Gasteiger partial charge in [0.25, 0.3) is 6.29 Å². The Morgan fingerprint density at radius 1 is 1.39 bits per heavy atom. The summed E-state index contributed by atoms with van der Waals surface area (Å²) in [5.41, 5.74) is 0.715. The van der Waals surface area contributed by atoms with E-state index in [2.05, 4.69) is 19.4 Å². The van der Waals surface area contributed by atoms with Gasteiger partial charge in [-0.3, -0.25) is 5.32 Å². The zero-order chi connectivity index (χ0) is 13.0. The lowest BCUT2D eigenvalue weighted by atomic mass is 10.3. The van der Waals surface area contributed by atoms with Gasteiger partial charge in [-0.25, -0.2) is 4.79 Å². The molecule has 1 amide bonds. The molecule has 98 valence electrons. The van der Waals surface area contributed by atoms with Crippen molar-refractivity contribution in [3.63, 3.8) is 0 Å². The first-order valence-electron chi connectivity index (χ1n) is 6.01. The lowest BCUT2D eigenvalue weighted by molar-refractivity contribution is -0.905. The minimum absolute atomic E-state index is 0.475. The van der Waals surface area contributed by atoms with Crippen molar-refractivity contribution in [3.05, 3.63) is 30.3 Å². The van der Waals surface area contributed by atoms with Crippen molar-refractivity contribution in [1.82, 2.24) is 0 Å². The number of nitrogens with one attached hydrogen (secondary N) is 1. The maximum absolute atomic E-state index is 11.7. The van der Waals surface area contributed by atoms with Gasteiger partial charge in [-0.05, 0) is 12.1 Å². The van der Waals surface area contributed by atoms with Gasteiger partial charge in [0.05, 0.1) is 14.1 Å². The number of ether oxygens (including phenoxy) is 2. The number of quaternary nitrogens is 1. The topological polar surface area (TPSA) is 47.6 Å². The predicted octanol–water partition coefficient (Wildman–Crippen LogP) is 1.67. The molecule has 0 aromatic heterocycles. The van der Waals surface area contributed by atoms with Crippen LogP contribution in [0.1, 0.15) is 0 Å². The molecule has 1 atom stereocenters. The van der Waals surface area contributed by atoms with Gasteiger partial charge in [0.15, 0.2) is 0 Å². The van der Waals surface area contributed by atoms with Crippen LogP contribution < -0.4 is 5.32 Å². The molecule has 0 bridgehead atoms. The van der Waals surface area contributed by atoms with Crippen molar-refractivity contribution in [1.29, 1.82) is 0 Å². The highest BCUT2D eigenvalue weighted by Gasteiger charge is 2.30. The Morgan fingerprint density at radius 2 is 2.11 bits per heavy atom. The lowest BCUT2D eigenvalue weighted by Crippen LogP contribution is -2.53. The van der Waals surface area contributed by atoms with Gasteiger partial charge >= 0.3 is 6.09 Å². The molecule has 1 aliphatic rings. The molecule has 5 nitrogen and oxygen atoms in total. The first-order chi connectivity index (χ1) is 8.55. The van der Waals surface area contributed by atoms with E-state index in [1.54, 1.807) is 0 Å². The van der Waals surface area contributed by atoms with Crippen molar-refractivity contribution < 1.29 is 18.8 Å². The number of nitrogens with zero attached hydrogens (tertiary/aromatic N) is 1. The summed E-state index contributed by atoms with van der Waals surface area (Å²) in [6.07, 6.45) is -0.953. The highest BCUT2D eigenvalue weighted by molar-refractivity contribution is 5.84. The summed E-state index contributed by atoms with van der Waals surface area (Å²) in [4.78, 5) is 11.7. The Morgan fingerprint density at radius 3 is 2.78 bits per heavy atom. The van der Waals surface area contributed by atoms with E-state index >= 15 is 0 Å². The number of likely N-dealkylation sites (N-methyl/N-ethyl adjacent to an activating group) is 1. The monoisotopic (exact) mass is 251 g/mol. The predicted molar refractivity (Wildman–Crippen MR) is 68.1 cm³/mol. The van der Waals surface area contributed by atoms with Gasteiger partial charge < -0.3 is 14.0 Å². The Balaban J connectivity index is 1.84. The van der Waals surface area contributed by atoms with Crippen LogP contribution >= 0.6 is 0 Å². The van der Waals surface area contributed by atoms with Gasteiger partial charge in [-0.2, -0.15) is 0 Å². The molecule has 0 saturated carbocycles. The summed E-state index contributed by atoms with van der Waals surface area (Å²) in [5.74, 6) is 0. The molecule has 0 aliphatic carbocycles. The van der Waals surface area contributed by atoms with Crippen molar-refractivity contribution in [2.75, 3.05) is 39.1 Å². The van der Waals surface area contributed by atoms with Gasteiger partial charge in [0.2, 0.25) is 0 Å². The first-order valence-corrected chi connectivity index (χ1v) is 6.01. The van der Waals surface area contributed by atoms with Crippen LogP contribution in [0.25, 0.3) is 0 Å². The van der Waals surface area contributed by atoms with Crippen LogP contribution in [0.2, 0.25) is 0 Å². The fourth-order valence-corrected chi connectivity index (χ4v) is 1.84. The van der Waals surface area contributed by atoms with E-state index in [0.717, 1.165) is 11.0 Å². The number of benzene rings is 1. The molecule has 1 unspecified atom stereocenters. The maximum atomic E-state index is 11.7. The molecule has 1 aliphatic heterocycles. The van der Waals surface area contributed by atoms with Gasteiger partial charge in [-0.15, -0.1) is 0 Å². The van der Waals surface area contributed by atoms with Crippen LogP contribution in [-0.4, -0.2) is 50.7 Å². The SMILES string of the molecule is C[N+]1(C)CCOC(OC(=O)Nc2ccccc2)C1. The average molecular weight is 251 g/mol. The molecule has 5 heteroatoms. The second-order valence-corrected chi connectivity index (χ2v) is 5.04. The van der Waals surface area contributed by atoms with Crippen LogP contribution in [0.5, 0.6) is 0 Å². The van der Waals surface area contributed by atoms with Gasteiger partial charge in [0, 0.05) is 5.69 Å². The van der Waals surface area contributed by atoms with Crippen molar-refractivity contribution >= 4 is 11.8 Å². The minimum Gasteiger partial charge on any atom is -0.413 e. The van der Waals surface area contributed by atoms with E-state index in [1.807, 2.05) is 30.3 Å². The first kappa shape index (κ1) is 12.9. The molecular weight excluding hydrogens is 232 g/mol. The lowest BCUT2D eigenvalue weighted by Gasteiger charge is -2.37. The van der Waals surface area contributed by atoms with Crippen LogP contribution in [0.3, 0.4) is 0 Å². The number of amides is 1. The van der Waals surface area contributed by atoms with Gasteiger partial charge in [0.1, 0.15) is 19.7 Å². The number of para-hydroxylation sites is 1. The molecule has 1 aromatic carbocycles. The number of rotatable bonds is 2. The second kappa shape index (κ2) is 5.37. The number of carbonyl (C=O) groups excluding carboxylic acids is 1. The standard InChI is InChI=1S/C13H18N2O3/c1-15(2)8-9-17-12(10-15)18-13(16)14-11-6-4-3-5-7-11/h3-7,12H,8-10H2,1-2H3/p+1. The Labute approximate surface area is 107 Å². The summed E-state index contributed by atoms with van der Waals surface area (Å²) in [5, 5.41) is 2.67. The molecule has 2 rings (SSSR count). The fourth-order valence-electron chi connectivity index (χ4n) is 1.84. The number of anilines is 1. The van der Waals surface area contributed by atoms with Crippen LogP contribution in [-0.2, 0) is 9.47 Å². The molecule has 1 heterocycles. The second-order valence-electron chi connectivity index (χ2n) is 5.04. The largest absolute Gasteiger partial charge is 0.414 e. The van der Waals surface area contributed by atoms with E-state index < -0.39 is 12.4 Å². The fraction of sp³-hybridized carbons (Fsp3) is 0.462. The molecule has 1 fully saturated rings. The number of hydrogen-bond acceptors (Lipinski definition) is 3. The Kier molecular flexibility index (Phi) is 3.84. The van der Waals surface area contributed by atoms with E-state index in [4.69, 9.17) is 9.47 Å². The molecule has 1 N–H and O–H groups in total. The normalized spacial score (nSPS) is 22.2. The van der Waals surface area contributed by atoms with Crippen molar-refractivity contribution in [3.8, 4) is 0 Å². The van der Waals surface area contributed by atoms with Crippen LogP contribution in [0.4, 0.5) is 10.5 Å². The van der Waals surface area contributed by atoms with E-state index in [0.29, 0.717) is 18.8 Å². The molecule has 0 spiro atoms. The molecule has 1 saturated heterocycles. The third-order valence-electron chi connectivity index (χ3n) is 2.90. The minimum atomic E-state index is -0.479. The number of hydrogen-bond donors (Lipinski definition) is 1. The smallest absolute Gasteiger partial charge is 0.413 e. The van der Waals surface area contributed by atoms with E-state index in [-0.39, 0.29) is 0 Å². The highest BCUT2D eigenvalue weighted by atomic mass is 16.7. The average Bonchev–Trinajstić information content (AvgIpc) is 2.28. The summed E-state index contributed by atoms with van der Waals surface area (Å²) in [6.45, 7) is 2.21. The zero-order valence-electron chi connectivity index (χ0n) is 10.8. The van der Waals surface area contributed by atoms with Gasteiger partial charge in [-0.1, -0.05) is 18.2 Å².